The van der Waals surface area contributed by atoms with Crippen LogP contribution in [0, 0.1) is 34.5 Å². The maximum absolute atomic E-state index is 12.2. The highest BCUT2D eigenvalue weighted by Gasteiger charge is 2.75. The van der Waals surface area contributed by atoms with Crippen molar-refractivity contribution in [3.63, 3.8) is 0 Å². The molecule has 3 aliphatic carbocycles. The second kappa shape index (κ2) is 5.95. The van der Waals surface area contributed by atoms with Gasteiger partial charge in [0.25, 0.3) is 0 Å². The molecule has 5 fully saturated rings. The molecule has 2 aliphatic heterocycles. The number of hydrogen-bond acceptors (Lipinski definition) is 4. The van der Waals surface area contributed by atoms with Gasteiger partial charge in [0.2, 0.25) is 0 Å². The molecule has 4 heteroatoms. The third-order valence-corrected chi connectivity index (χ3v) is 10.3. The molecule has 27 heavy (non-hydrogen) atoms. The van der Waals surface area contributed by atoms with Crippen molar-refractivity contribution in [3.05, 3.63) is 0 Å². The Morgan fingerprint density at radius 1 is 1.22 bits per heavy atom. The summed E-state index contributed by atoms with van der Waals surface area (Å²) in [5.74, 6) is 2.78. The zero-order valence-electron chi connectivity index (χ0n) is 17.4. The summed E-state index contributed by atoms with van der Waals surface area (Å²) in [4.78, 5) is 14.9. The SMILES string of the molecule is COC(=O)CC[C@@]12[C@@H]3CCC[C@H]3CC[C@]3(O)CN4CC(C)[C@@H](CC[C@@]31C)[C@H]42. The minimum Gasteiger partial charge on any atom is -0.469 e. The second-order valence-electron chi connectivity index (χ2n) is 10.9. The van der Waals surface area contributed by atoms with Gasteiger partial charge in [0.1, 0.15) is 0 Å². The van der Waals surface area contributed by atoms with Crippen molar-refractivity contribution in [2.45, 2.75) is 83.3 Å². The molecule has 2 saturated heterocycles. The Hall–Kier alpha value is -0.610. The van der Waals surface area contributed by atoms with Crippen molar-refractivity contribution < 1.29 is 14.6 Å². The van der Waals surface area contributed by atoms with E-state index >= 15 is 0 Å². The van der Waals surface area contributed by atoms with Gasteiger partial charge >= 0.3 is 5.97 Å². The third kappa shape index (κ3) is 2.15. The average molecular weight is 376 g/mol. The third-order valence-electron chi connectivity index (χ3n) is 10.3. The van der Waals surface area contributed by atoms with Crippen LogP contribution < -0.4 is 0 Å². The summed E-state index contributed by atoms with van der Waals surface area (Å²) in [6, 6.07) is 0.555. The Labute approximate surface area is 164 Å². The molecule has 0 aromatic rings. The lowest BCUT2D eigenvalue weighted by Crippen LogP contribution is -2.75. The number of carbonyl (C=O) groups is 1. The van der Waals surface area contributed by atoms with E-state index in [-0.39, 0.29) is 16.8 Å². The van der Waals surface area contributed by atoms with Crippen LogP contribution in [-0.2, 0) is 9.53 Å². The summed E-state index contributed by atoms with van der Waals surface area (Å²) in [6.45, 7) is 6.83. The molecule has 5 rings (SSSR count). The fraction of sp³-hybridized carbons (Fsp3) is 0.957. The first-order valence-electron chi connectivity index (χ1n) is 11.4. The predicted molar refractivity (Wildman–Crippen MR) is 104 cm³/mol. The number of nitrogens with zero attached hydrogens (tertiary/aromatic N) is 1. The zero-order chi connectivity index (χ0) is 19.0. The highest BCUT2D eigenvalue weighted by Crippen LogP contribution is 2.74. The highest BCUT2D eigenvalue weighted by atomic mass is 16.5. The molecule has 0 aromatic heterocycles. The van der Waals surface area contributed by atoms with Gasteiger partial charge in [0.15, 0.2) is 0 Å². The van der Waals surface area contributed by atoms with E-state index in [0.29, 0.717) is 24.3 Å². The fourth-order valence-electron chi connectivity index (χ4n) is 9.19. The van der Waals surface area contributed by atoms with Crippen molar-refractivity contribution in [1.82, 2.24) is 4.90 Å². The number of methoxy groups -OCH3 is 1. The average Bonchev–Trinajstić information content (AvgIpc) is 3.23. The van der Waals surface area contributed by atoms with Crippen LogP contribution in [0.1, 0.15) is 71.6 Å². The first-order chi connectivity index (χ1) is 12.9. The van der Waals surface area contributed by atoms with E-state index in [0.717, 1.165) is 44.2 Å². The molecule has 0 aromatic carbocycles. The number of piperidine rings is 1. The summed E-state index contributed by atoms with van der Waals surface area (Å²) in [6.07, 6.45) is 9.88. The Balaban J connectivity index is 1.69. The van der Waals surface area contributed by atoms with Crippen LogP contribution in [-0.4, -0.2) is 47.8 Å². The van der Waals surface area contributed by atoms with Gasteiger partial charge in [-0.2, -0.15) is 0 Å². The number of hydrogen-bond donors (Lipinski definition) is 1. The van der Waals surface area contributed by atoms with E-state index < -0.39 is 5.60 Å². The van der Waals surface area contributed by atoms with Crippen LogP contribution in [0.5, 0.6) is 0 Å². The lowest BCUT2D eigenvalue weighted by molar-refractivity contribution is -0.260. The van der Waals surface area contributed by atoms with Crippen molar-refractivity contribution in [2.24, 2.45) is 34.5 Å². The first kappa shape index (κ1) is 18.4. The lowest BCUT2D eigenvalue weighted by Gasteiger charge is -2.70. The second-order valence-corrected chi connectivity index (χ2v) is 10.9. The van der Waals surface area contributed by atoms with Gasteiger partial charge in [-0.15, -0.1) is 0 Å². The van der Waals surface area contributed by atoms with Crippen molar-refractivity contribution >= 4 is 5.97 Å². The van der Waals surface area contributed by atoms with Crippen LogP contribution in [0.2, 0.25) is 0 Å². The number of ether oxygens (including phenoxy) is 1. The molecular formula is C23H37NO3. The minimum absolute atomic E-state index is 0.0690. The van der Waals surface area contributed by atoms with E-state index in [2.05, 4.69) is 18.7 Å². The Morgan fingerprint density at radius 2 is 2.04 bits per heavy atom. The number of esters is 1. The molecule has 4 bridgehead atoms. The summed E-state index contributed by atoms with van der Waals surface area (Å²) in [5, 5.41) is 12.1. The van der Waals surface area contributed by atoms with Gasteiger partial charge in [-0.3, -0.25) is 9.69 Å². The van der Waals surface area contributed by atoms with Crippen LogP contribution in [0.15, 0.2) is 0 Å². The van der Waals surface area contributed by atoms with E-state index in [1.165, 1.54) is 39.2 Å². The predicted octanol–water partition coefficient (Wildman–Crippen LogP) is 3.62. The van der Waals surface area contributed by atoms with Gasteiger partial charge in [-0.1, -0.05) is 26.7 Å². The number of fused-ring (bicyclic) bond motifs is 1. The Bertz CT molecular complexity index is 637. The molecule has 0 radical (unpaired) electrons. The molecule has 2 heterocycles. The van der Waals surface area contributed by atoms with Crippen LogP contribution in [0.3, 0.4) is 0 Å². The van der Waals surface area contributed by atoms with Gasteiger partial charge in [-0.25, -0.2) is 0 Å². The Morgan fingerprint density at radius 3 is 2.81 bits per heavy atom. The molecule has 152 valence electrons. The monoisotopic (exact) mass is 375 g/mol. The molecule has 8 atom stereocenters. The largest absolute Gasteiger partial charge is 0.469 e. The normalized spacial score (nSPS) is 53.7. The molecule has 0 spiro atoms. The molecule has 0 amide bonds. The summed E-state index contributed by atoms with van der Waals surface area (Å²) in [7, 11) is 1.51. The fourth-order valence-corrected chi connectivity index (χ4v) is 9.19. The topological polar surface area (TPSA) is 49.8 Å². The first-order valence-corrected chi connectivity index (χ1v) is 11.4. The number of carbonyl (C=O) groups excluding carboxylic acids is 1. The summed E-state index contributed by atoms with van der Waals surface area (Å²) >= 11 is 0. The lowest BCUT2D eigenvalue weighted by atomic mass is 9.40. The van der Waals surface area contributed by atoms with Crippen LogP contribution >= 0.6 is 0 Å². The van der Waals surface area contributed by atoms with Gasteiger partial charge in [0, 0.05) is 31.0 Å². The summed E-state index contributed by atoms with van der Waals surface area (Å²) < 4.78 is 5.07. The standard InChI is InChI=1S/C23H37NO3/c1-15-13-24-14-22(26)11-7-16-5-4-6-18(16)23(12-9-19(25)27-3)20(24)17(15)8-10-21(22,23)2/h15-18,20,26H,4-14H2,1-3H3/t15?,16-,17+,18+,20-,21-,22-,23-/m0/s1. The Kier molecular flexibility index (Phi) is 4.06. The molecule has 5 aliphatic rings. The molecular weight excluding hydrogens is 338 g/mol. The maximum Gasteiger partial charge on any atom is 0.305 e. The van der Waals surface area contributed by atoms with Crippen LogP contribution in [0.25, 0.3) is 0 Å². The van der Waals surface area contributed by atoms with Crippen molar-refractivity contribution in [3.8, 4) is 0 Å². The number of aliphatic hydroxyl groups is 1. The van der Waals surface area contributed by atoms with Crippen LogP contribution in [0.4, 0.5) is 0 Å². The van der Waals surface area contributed by atoms with Gasteiger partial charge in [0.05, 0.1) is 12.7 Å². The molecule has 3 saturated carbocycles. The van der Waals surface area contributed by atoms with Crippen molar-refractivity contribution in [1.29, 1.82) is 0 Å². The maximum atomic E-state index is 12.2. The minimum atomic E-state index is -0.598. The molecule has 1 N–H and O–H groups in total. The van der Waals surface area contributed by atoms with Gasteiger partial charge < -0.3 is 9.84 Å². The van der Waals surface area contributed by atoms with E-state index in [1.807, 2.05) is 0 Å². The smallest absolute Gasteiger partial charge is 0.305 e. The number of rotatable bonds is 3. The molecule has 4 nitrogen and oxygen atoms in total. The molecule has 1 unspecified atom stereocenters. The quantitative estimate of drug-likeness (QED) is 0.766. The van der Waals surface area contributed by atoms with E-state index in [9.17, 15) is 9.90 Å². The summed E-state index contributed by atoms with van der Waals surface area (Å²) in [5.41, 5.74) is -0.599. The zero-order valence-corrected chi connectivity index (χ0v) is 17.4. The van der Waals surface area contributed by atoms with E-state index in [1.54, 1.807) is 0 Å². The highest BCUT2D eigenvalue weighted by molar-refractivity contribution is 5.69. The van der Waals surface area contributed by atoms with E-state index in [4.69, 9.17) is 4.74 Å². The van der Waals surface area contributed by atoms with Gasteiger partial charge in [-0.05, 0) is 67.6 Å². The van der Waals surface area contributed by atoms with Crippen molar-refractivity contribution in [2.75, 3.05) is 20.2 Å².